The lowest BCUT2D eigenvalue weighted by atomic mass is 10.0. The maximum atomic E-state index is 12.1. The van der Waals surface area contributed by atoms with Crippen LogP contribution in [0.4, 0.5) is 5.69 Å². The van der Waals surface area contributed by atoms with Gasteiger partial charge in [0.05, 0.1) is 4.90 Å². The van der Waals surface area contributed by atoms with E-state index in [2.05, 4.69) is 10.6 Å². The number of hydrogen-bond acceptors (Lipinski definition) is 4. The molecule has 130 valence electrons. The quantitative estimate of drug-likeness (QED) is 0.742. The number of amides is 1. The summed E-state index contributed by atoms with van der Waals surface area (Å²) in [5, 5.41) is 11.3. The normalized spacial score (nSPS) is 17.6. The van der Waals surface area contributed by atoms with Crippen molar-refractivity contribution in [1.82, 2.24) is 5.32 Å². The standard InChI is InChI=1S/C15H23N3O3S.ClH/c1-10-7-13(22(16,20)21)8-14(11(10)2)18-15(19)4-3-12-5-6-17-9-12;/h7-8,12,17H,3-6,9H2,1-2H3,(H,18,19)(H2,16,20,21);1H. The van der Waals surface area contributed by atoms with Crippen LogP contribution in [0.1, 0.15) is 30.4 Å². The van der Waals surface area contributed by atoms with Crippen LogP contribution < -0.4 is 15.8 Å². The summed E-state index contributed by atoms with van der Waals surface area (Å²) in [6.07, 6.45) is 2.38. The van der Waals surface area contributed by atoms with E-state index in [0.717, 1.165) is 37.1 Å². The van der Waals surface area contributed by atoms with Gasteiger partial charge in [-0.15, -0.1) is 12.4 Å². The molecule has 23 heavy (non-hydrogen) atoms. The van der Waals surface area contributed by atoms with Crippen molar-refractivity contribution in [2.45, 2.75) is 38.0 Å². The van der Waals surface area contributed by atoms with Crippen molar-refractivity contribution in [2.75, 3.05) is 18.4 Å². The lowest BCUT2D eigenvalue weighted by Gasteiger charge is -2.13. The van der Waals surface area contributed by atoms with E-state index in [1.165, 1.54) is 12.1 Å². The van der Waals surface area contributed by atoms with Crippen molar-refractivity contribution >= 4 is 34.0 Å². The molecule has 1 fully saturated rings. The SMILES string of the molecule is Cc1cc(S(N)(=O)=O)cc(NC(=O)CCC2CCNC2)c1C.Cl. The molecule has 6 nitrogen and oxygen atoms in total. The molecule has 1 amide bonds. The summed E-state index contributed by atoms with van der Waals surface area (Å²) >= 11 is 0. The Kier molecular flexibility index (Phi) is 7.01. The predicted molar refractivity (Wildman–Crippen MR) is 93.4 cm³/mol. The van der Waals surface area contributed by atoms with Crippen molar-refractivity contribution in [2.24, 2.45) is 11.1 Å². The van der Waals surface area contributed by atoms with Crippen LogP contribution in [0.2, 0.25) is 0 Å². The maximum absolute atomic E-state index is 12.1. The summed E-state index contributed by atoms with van der Waals surface area (Å²) in [6, 6.07) is 2.94. The van der Waals surface area contributed by atoms with Gasteiger partial charge in [0.2, 0.25) is 15.9 Å². The fourth-order valence-electron chi connectivity index (χ4n) is 2.63. The van der Waals surface area contributed by atoms with E-state index in [4.69, 9.17) is 5.14 Å². The molecule has 1 aliphatic rings. The summed E-state index contributed by atoms with van der Waals surface area (Å²) < 4.78 is 23.0. The van der Waals surface area contributed by atoms with Gasteiger partial charge >= 0.3 is 0 Å². The number of carbonyl (C=O) groups excluding carboxylic acids is 1. The van der Waals surface area contributed by atoms with Gasteiger partial charge in [0.1, 0.15) is 0 Å². The summed E-state index contributed by atoms with van der Waals surface area (Å²) in [5.74, 6) is 0.449. The van der Waals surface area contributed by atoms with Crippen molar-refractivity contribution < 1.29 is 13.2 Å². The van der Waals surface area contributed by atoms with Gasteiger partial charge < -0.3 is 10.6 Å². The second kappa shape index (κ2) is 8.10. The van der Waals surface area contributed by atoms with E-state index in [-0.39, 0.29) is 23.2 Å². The Morgan fingerprint density at radius 3 is 2.65 bits per heavy atom. The second-order valence-electron chi connectivity index (χ2n) is 5.90. The summed E-state index contributed by atoms with van der Waals surface area (Å²) in [5.41, 5.74) is 2.14. The fraction of sp³-hybridized carbons (Fsp3) is 0.533. The Morgan fingerprint density at radius 1 is 1.39 bits per heavy atom. The third kappa shape index (κ3) is 5.46. The van der Waals surface area contributed by atoms with Crippen LogP contribution in [-0.2, 0) is 14.8 Å². The number of aryl methyl sites for hydroxylation is 1. The van der Waals surface area contributed by atoms with Crippen LogP contribution >= 0.6 is 12.4 Å². The zero-order chi connectivity index (χ0) is 16.3. The van der Waals surface area contributed by atoms with Crippen LogP contribution in [0.15, 0.2) is 17.0 Å². The molecule has 2 rings (SSSR count). The minimum Gasteiger partial charge on any atom is -0.326 e. The van der Waals surface area contributed by atoms with Crippen LogP contribution in [-0.4, -0.2) is 27.4 Å². The number of nitrogens with two attached hydrogens (primary N) is 1. The molecule has 0 spiro atoms. The molecule has 1 atom stereocenters. The van der Waals surface area contributed by atoms with Gasteiger partial charge in [0.15, 0.2) is 0 Å². The van der Waals surface area contributed by atoms with E-state index in [1.54, 1.807) is 6.92 Å². The number of sulfonamides is 1. The largest absolute Gasteiger partial charge is 0.326 e. The highest BCUT2D eigenvalue weighted by Gasteiger charge is 2.17. The number of carbonyl (C=O) groups is 1. The molecule has 1 unspecified atom stereocenters. The van der Waals surface area contributed by atoms with Gasteiger partial charge in [-0.2, -0.15) is 0 Å². The third-order valence-corrected chi connectivity index (χ3v) is 5.08. The fourth-order valence-corrected chi connectivity index (χ4v) is 3.25. The average Bonchev–Trinajstić information content (AvgIpc) is 2.93. The minimum atomic E-state index is -3.79. The molecule has 0 aliphatic carbocycles. The van der Waals surface area contributed by atoms with Gasteiger partial charge in [-0.25, -0.2) is 13.6 Å². The zero-order valence-electron chi connectivity index (χ0n) is 13.4. The number of primary sulfonamides is 1. The molecular weight excluding hydrogens is 338 g/mol. The lowest BCUT2D eigenvalue weighted by Crippen LogP contribution is -2.17. The highest BCUT2D eigenvalue weighted by Crippen LogP contribution is 2.24. The van der Waals surface area contributed by atoms with Crippen LogP contribution in [0.25, 0.3) is 0 Å². The molecule has 1 aromatic carbocycles. The first kappa shape index (κ1) is 19.9. The highest BCUT2D eigenvalue weighted by atomic mass is 35.5. The first-order valence-corrected chi connectivity index (χ1v) is 8.96. The Bertz CT molecular complexity index is 671. The zero-order valence-corrected chi connectivity index (χ0v) is 15.0. The van der Waals surface area contributed by atoms with Crippen molar-refractivity contribution in [3.8, 4) is 0 Å². The monoisotopic (exact) mass is 361 g/mol. The Labute approximate surface area is 143 Å². The number of benzene rings is 1. The Hall–Kier alpha value is -1.15. The van der Waals surface area contributed by atoms with Gasteiger partial charge in [-0.3, -0.25) is 4.79 Å². The van der Waals surface area contributed by atoms with E-state index >= 15 is 0 Å². The summed E-state index contributed by atoms with van der Waals surface area (Å²) in [4.78, 5) is 12.1. The molecule has 1 heterocycles. The molecular formula is C15H24ClN3O3S. The molecule has 0 aromatic heterocycles. The first-order chi connectivity index (χ1) is 10.3. The van der Waals surface area contributed by atoms with Crippen LogP contribution in [0.5, 0.6) is 0 Å². The molecule has 8 heteroatoms. The van der Waals surface area contributed by atoms with Gasteiger partial charge in [-0.1, -0.05) is 0 Å². The summed E-state index contributed by atoms with van der Waals surface area (Å²) in [6.45, 7) is 5.62. The van der Waals surface area contributed by atoms with E-state index in [0.29, 0.717) is 18.0 Å². The third-order valence-electron chi connectivity index (χ3n) is 4.19. The number of anilines is 1. The second-order valence-corrected chi connectivity index (χ2v) is 7.46. The minimum absolute atomic E-state index is 0. The number of halogens is 1. The van der Waals surface area contributed by atoms with Crippen LogP contribution in [0.3, 0.4) is 0 Å². The molecule has 4 N–H and O–H groups in total. The van der Waals surface area contributed by atoms with E-state index in [1.807, 2.05) is 6.92 Å². The topological polar surface area (TPSA) is 101 Å². The van der Waals surface area contributed by atoms with Gasteiger partial charge in [-0.05, 0) is 69.0 Å². The van der Waals surface area contributed by atoms with E-state index < -0.39 is 10.0 Å². The number of nitrogens with one attached hydrogen (secondary N) is 2. The first-order valence-electron chi connectivity index (χ1n) is 7.42. The van der Waals surface area contributed by atoms with Crippen LogP contribution in [0, 0.1) is 19.8 Å². The Morgan fingerprint density at radius 2 is 2.09 bits per heavy atom. The predicted octanol–water partition coefficient (Wildman–Crippen LogP) is 1.70. The molecule has 0 radical (unpaired) electrons. The maximum Gasteiger partial charge on any atom is 0.238 e. The summed E-state index contributed by atoms with van der Waals surface area (Å²) in [7, 11) is -3.79. The number of rotatable bonds is 5. The Balaban J connectivity index is 0.00000264. The van der Waals surface area contributed by atoms with Crippen molar-refractivity contribution in [3.05, 3.63) is 23.3 Å². The lowest BCUT2D eigenvalue weighted by molar-refractivity contribution is -0.116. The average molecular weight is 362 g/mol. The molecule has 1 aliphatic heterocycles. The smallest absolute Gasteiger partial charge is 0.238 e. The van der Waals surface area contributed by atoms with Crippen molar-refractivity contribution in [3.63, 3.8) is 0 Å². The highest BCUT2D eigenvalue weighted by molar-refractivity contribution is 7.89. The molecule has 1 aromatic rings. The van der Waals surface area contributed by atoms with E-state index in [9.17, 15) is 13.2 Å². The van der Waals surface area contributed by atoms with Gasteiger partial charge in [0, 0.05) is 12.1 Å². The number of hydrogen-bond donors (Lipinski definition) is 3. The van der Waals surface area contributed by atoms with Crippen molar-refractivity contribution in [1.29, 1.82) is 0 Å². The molecule has 0 saturated carbocycles. The van der Waals surface area contributed by atoms with Gasteiger partial charge in [0.25, 0.3) is 0 Å². The molecule has 0 bridgehead atoms. The molecule has 1 saturated heterocycles.